The van der Waals surface area contributed by atoms with Crippen molar-refractivity contribution in [3.05, 3.63) is 89.1 Å². The standard InChI is InChI=1S/C29H32F2N2O3/c1-35-28(36-2)20-12-14-33(15-13-20)26-11-8-21(18-32-26)27-23-10-9-22(34)16-25(23)29(30,31)17-24(27)19-6-4-3-5-7-19/h3-11,16,18,20,24,27-28,34H,12-15,17H2,1-2H3/t24-,27-/m1/s1. The number of hydrogen-bond donors (Lipinski definition) is 1. The quantitative estimate of drug-likeness (QED) is 0.424. The number of rotatable bonds is 6. The molecular formula is C29H32F2N2O3. The third-order valence-corrected chi connectivity index (χ3v) is 7.72. The molecule has 0 amide bonds. The number of fused-ring (bicyclic) bond motifs is 1. The maximum atomic E-state index is 15.3. The molecule has 2 aromatic carbocycles. The van der Waals surface area contributed by atoms with Gasteiger partial charge in [-0.2, -0.15) is 0 Å². The van der Waals surface area contributed by atoms with Gasteiger partial charge in [0.2, 0.25) is 0 Å². The molecule has 7 heteroatoms. The third-order valence-electron chi connectivity index (χ3n) is 7.72. The highest BCUT2D eigenvalue weighted by atomic mass is 19.3. The van der Waals surface area contributed by atoms with E-state index in [1.165, 1.54) is 12.1 Å². The van der Waals surface area contributed by atoms with Crippen molar-refractivity contribution in [1.82, 2.24) is 4.98 Å². The monoisotopic (exact) mass is 494 g/mol. The number of piperidine rings is 1. The summed E-state index contributed by atoms with van der Waals surface area (Å²) in [5.41, 5.74) is 2.21. The minimum Gasteiger partial charge on any atom is -0.508 e. The molecule has 0 bridgehead atoms. The second-order valence-corrected chi connectivity index (χ2v) is 9.79. The van der Waals surface area contributed by atoms with Crippen LogP contribution >= 0.6 is 0 Å². The number of aromatic hydroxyl groups is 1. The van der Waals surface area contributed by atoms with Crippen molar-refractivity contribution >= 4 is 5.82 Å². The number of halogens is 2. The van der Waals surface area contributed by atoms with E-state index < -0.39 is 11.8 Å². The third kappa shape index (κ3) is 4.70. The summed E-state index contributed by atoms with van der Waals surface area (Å²) in [5, 5.41) is 9.96. The lowest BCUT2D eigenvalue weighted by atomic mass is 9.68. The number of hydrogen-bond acceptors (Lipinski definition) is 5. The SMILES string of the molecule is COC(OC)C1CCN(c2ccc([C@@H]3c4ccc(O)cc4C(F)(F)C[C@@H]3c3ccccc3)cn2)CC1. The lowest BCUT2D eigenvalue weighted by Gasteiger charge is -2.39. The average Bonchev–Trinajstić information content (AvgIpc) is 2.90. The van der Waals surface area contributed by atoms with Crippen molar-refractivity contribution in [2.45, 2.75) is 43.3 Å². The van der Waals surface area contributed by atoms with Crippen LogP contribution in [0.5, 0.6) is 5.75 Å². The summed E-state index contributed by atoms with van der Waals surface area (Å²) in [6.07, 6.45) is 3.20. The van der Waals surface area contributed by atoms with E-state index >= 15 is 8.78 Å². The highest BCUT2D eigenvalue weighted by Gasteiger charge is 2.47. The maximum Gasteiger partial charge on any atom is 0.274 e. The first-order chi connectivity index (χ1) is 17.4. The fraction of sp³-hybridized carbons (Fsp3) is 0.414. The molecule has 190 valence electrons. The zero-order valence-electron chi connectivity index (χ0n) is 20.6. The lowest BCUT2D eigenvalue weighted by Crippen LogP contribution is -2.39. The number of nitrogens with zero attached hydrogens (tertiary/aromatic N) is 2. The Kier molecular flexibility index (Phi) is 6.95. The van der Waals surface area contributed by atoms with Crippen LogP contribution in [-0.4, -0.2) is 43.7 Å². The molecule has 3 aromatic rings. The lowest BCUT2D eigenvalue weighted by molar-refractivity contribution is -0.141. The zero-order valence-corrected chi connectivity index (χ0v) is 20.6. The molecule has 0 spiro atoms. The summed E-state index contributed by atoms with van der Waals surface area (Å²) < 4.78 is 41.5. The molecule has 2 heterocycles. The van der Waals surface area contributed by atoms with E-state index in [1.54, 1.807) is 20.3 Å². The van der Waals surface area contributed by atoms with Crippen LogP contribution in [0.25, 0.3) is 0 Å². The number of phenols is 1. The summed E-state index contributed by atoms with van der Waals surface area (Å²) in [5.74, 6) is -2.66. The number of methoxy groups -OCH3 is 2. The molecule has 1 saturated heterocycles. The number of phenolic OH excluding ortho intramolecular Hbond substituents is 1. The highest BCUT2D eigenvalue weighted by Crippen LogP contribution is 2.54. The van der Waals surface area contributed by atoms with Gasteiger partial charge >= 0.3 is 0 Å². The molecule has 5 nitrogen and oxygen atoms in total. The van der Waals surface area contributed by atoms with Crippen LogP contribution in [0.1, 0.15) is 53.4 Å². The van der Waals surface area contributed by atoms with Crippen molar-refractivity contribution < 1.29 is 23.4 Å². The van der Waals surface area contributed by atoms with Gasteiger partial charge in [0, 0.05) is 63.2 Å². The first-order valence-electron chi connectivity index (χ1n) is 12.4. The van der Waals surface area contributed by atoms with Crippen LogP contribution in [0.2, 0.25) is 0 Å². The van der Waals surface area contributed by atoms with Crippen LogP contribution in [0.4, 0.5) is 14.6 Å². The Bertz CT molecular complexity index is 1160. The van der Waals surface area contributed by atoms with E-state index in [-0.39, 0.29) is 29.9 Å². The molecule has 2 atom stereocenters. The fourth-order valence-corrected chi connectivity index (χ4v) is 5.93. The van der Waals surface area contributed by atoms with Gasteiger partial charge in [0.25, 0.3) is 5.92 Å². The van der Waals surface area contributed by atoms with Gasteiger partial charge in [0.1, 0.15) is 11.6 Å². The Balaban J connectivity index is 1.45. The first-order valence-corrected chi connectivity index (χ1v) is 12.4. The van der Waals surface area contributed by atoms with Gasteiger partial charge in [-0.15, -0.1) is 0 Å². The summed E-state index contributed by atoms with van der Waals surface area (Å²) in [7, 11) is 3.34. The zero-order chi connectivity index (χ0) is 25.3. The predicted octanol–water partition coefficient (Wildman–Crippen LogP) is 6.03. The molecule has 0 radical (unpaired) electrons. The second kappa shape index (κ2) is 10.1. The van der Waals surface area contributed by atoms with E-state index in [4.69, 9.17) is 14.5 Å². The summed E-state index contributed by atoms with van der Waals surface area (Å²) >= 11 is 0. The minimum absolute atomic E-state index is 0.100. The molecule has 1 aliphatic heterocycles. The topological polar surface area (TPSA) is 54.8 Å². The summed E-state index contributed by atoms with van der Waals surface area (Å²) in [4.78, 5) is 7.02. The number of aromatic nitrogens is 1. The Morgan fingerprint density at radius 3 is 2.33 bits per heavy atom. The molecule has 5 rings (SSSR count). The fourth-order valence-electron chi connectivity index (χ4n) is 5.93. The normalized spacial score (nSPS) is 22.0. The molecule has 1 aromatic heterocycles. The Morgan fingerprint density at radius 1 is 0.972 bits per heavy atom. The molecule has 1 fully saturated rings. The highest BCUT2D eigenvalue weighted by molar-refractivity contribution is 5.50. The van der Waals surface area contributed by atoms with Crippen LogP contribution in [0.3, 0.4) is 0 Å². The number of benzene rings is 2. The molecule has 1 N–H and O–H groups in total. The number of anilines is 1. The van der Waals surface area contributed by atoms with E-state index in [0.717, 1.165) is 42.9 Å². The van der Waals surface area contributed by atoms with Crippen LogP contribution in [0.15, 0.2) is 66.9 Å². The molecular weight excluding hydrogens is 462 g/mol. The van der Waals surface area contributed by atoms with Gasteiger partial charge in [0.15, 0.2) is 6.29 Å². The summed E-state index contributed by atoms with van der Waals surface area (Å²) in [6.45, 7) is 1.70. The van der Waals surface area contributed by atoms with Gasteiger partial charge < -0.3 is 19.5 Å². The molecule has 2 aliphatic rings. The Morgan fingerprint density at radius 2 is 1.69 bits per heavy atom. The minimum atomic E-state index is -3.04. The Hall–Kier alpha value is -3.03. The average molecular weight is 495 g/mol. The van der Waals surface area contributed by atoms with Gasteiger partial charge in [-0.05, 0) is 47.7 Å². The largest absolute Gasteiger partial charge is 0.508 e. The van der Waals surface area contributed by atoms with Crippen molar-refractivity contribution in [1.29, 1.82) is 0 Å². The molecule has 36 heavy (non-hydrogen) atoms. The molecule has 0 unspecified atom stereocenters. The van der Waals surface area contributed by atoms with E-state index in [9.17, 15) is 5.11 Å². The molecule has 0 saturated carbocycles. The van der Waals surface area contributed by atoms with Crippen LogP contribution in [-0.2, 0) is 15.4 Å². The Labute approximate surface area is 210 Å². The second-order valence-electron chi connectivity index (χ2n) is 9.79. The van der Waals surface area contributed by atoms with Gasteiger partial charge in [-0.25, -0.2) is 13.8 Å². The van der Waals surface area contributed by atoms with Gasteiger partial charge in [0.05, 0.1) is 0 Å². The number of pyridine rings is 1. The predicted molar refractivity (Wildman–Crippen MR) is 135 cm³/mol. The van der Waals surface area contributed by atoms with Crippen molar-refractivity contribution in [2.24, 2.45) is 5.92 Å². The summed E-state index contributed by atoms with van der Waals surface area (Å²) in [6, 6.07) is 17.9. The van der Waals surface area contributed by atoms with Crippen LogP contribution in [0, 0.1) is 5.92 Å². The van der Waals surface area contributed by atoms with Crippen molar-refractivity contribution in [2.75, 3.05) is 32.2 Å². The first kappa shape index (κ1) is 24.7. The smallest absolute Gasteiger partial charge is 0.274 e. The maximum absolute atomic E-state index is 15.3. The van der Waals surface area contributed by atoms with Crippen molar-refractivity contribution in [3.8, 4) is 5.75 Å². The van der Waals surface area contributed by atoms with Crippen LogP contribution < -0.4 is 4.90 Å². The van der Waals surface area contributed by atoms with Gasteiger partial charge in [-0.1, -0.05) is 42.5 Å². The van der Waals surface area contributed by atoms with E-state index in [2.05, 4.69) is 4.90 Å². The molecule has 1 aliphatic carbocycles. The van der Waals surface area contributed by atoms with E-state index in [0.29, 0.717) is 11.5 Å². The number of ether oxygens (including phenoxy) is 2. The van der Waals surface area contributed by atoms with E-state index in [1.807, 2.05) is 48.7 Å². The van der Waals surface area contributed by atoms with Crippen molar-refractivity contribution in [3.63, 3.8) is 0 Å². The van der Waals surface area contributed by atoms with Gasteiger partial charge in [-0.3, -0.25) is 0 Å². The number of alkyl halides is 2.